The predicted molar refractivity (Wildman–Crippen MR) is 103 cm³/mol. The van der Waals surface area contributed by atoms with Crippen LogP contribution in [0, 0.1) is 11.8 Å². The first-order valence-corrected chi connectivity index (χ1v) is 9.50. The summed E-state index contributed by atoms with van der Waals surface area (Å²) in [7, 11) is 0. The van der Waals surface area contributed by atoms with E-state index in [-0.39, 0.29) is 29.7 Å². The van der Waals surface area contributed by atoms with E-state index >= 15 is 0 Å². The average Bonchev–Trinajstić information content (AvgIpc) is 3.35. The van der Waals surface area contributed by atoms with Crippen LogP contribution in [-0.2, 0) is 9.59 Å². The Morgan fingerprint density at radius 1 is 1.00 bits per heavy atom. The molecule has 0 bridgehead atoms. The first-order valence-electron chi connectivity index (χ1n) is 9.50. The van der Waals surface area contributed by atoms with Gasteiger partial charge in [-0.15, -0.1) is 0 Å². The smallest absolute Gasteiger partial charge is 0.228 e. The highest BCUT2D eigenvalue weighted by Crippen LogP contribution is 2.41. The third kappa shape index (κ3) is 4.62. The summed E-state index contributed by atoms with van der Waals surface area (Å²) in [6.07, 6.45) is 1.55. The van der Waals surface area contributed by atoms with E-state index in [1.165, 1.54) is 0 Å². The maximum Gasteiger partial charge on any atom is 0.228 e. The molecule has 0 radical (unpaired) electrons. The largest absolute Gasteiger partial charge is 0.353 e. The van der Waals surface area contributed by atoms with Crippen LogP contribution in [0.1, 0.15) is 77.3 Å². The molecule has 4 heteroatoms. The van der Waals surface area contributed by atoms with Gasteiger partial charge in [0.2, 0.25) is 11.8 Å². The zero-order chi connectivity index (χ0) is 18.7. The van der Waals surface area contributed by atoms with Gasteiger partial charge < -0.3 is 10.6 Å². The van der Waals surface area contributed by atoms with E-state index < -0.39 is 0 Å². The van der Waals surface area contributed by atoms with Crippen LogP contribution in [0.3, 0.4) is 0 Å². The van der Waals surface area contributed by atoms with Crippen molar-refractivity contribution in [1.82, 2.24) is 5.32 Å². The molecule has 25 heavy (non-hydrogen) atoms. The van der Waals surface area contributed by atoms with Crippen molar-refractivity contribution in [2.24, 2.45) is 11.8 Å². The molecular formula is C21H32N2O2. The first kappa shape index (κ1) is 19.5. The number of hydrogen-bond donors (Lipinski definition) is 2. The number of hydrogen-bond acceptors (Lipinski definition) is 2. The minimum absolute atomic E-state index is 0.00993. The molecule has 0 heterocycles. The van der Waals surface area contributed by atoms with Crippen molar-refractivity contribution in [3.63, 3.8) is 0 Å². The Kier molecular flexibility index (Phi) is 6.26. The molecule has 3 unspecified atom stereocenters. The zero-order valence-electron chi connectivity index (χ0n) is 16.3. The van der Waals surface area contributed by atoms with Gasteiger partial charge in [0.1, 0.15) is 0 Å². The Bertz CT molecular complexity index is 611. The number of amides is 2. The normalized spacial score (nSPS) is 20.5. The fourth-order valence-corrected chi connectivity index (χ4v) is 3.14. The highest BCUT2D eigenvalue weighted by molar-refractivity contribution is 6.00. The van der Waals surface area contributed by atoms with Crippen molar-refractivity contribution in [3.8, 4) is 0 Å². The summed E-state index contributed by atoms with van der Waals surface area (Å²) >= 11 is 0. The summed E-state index contributed by atoms with van der Waals surface area (Å²) < 4.78 is 0. The molecule has 0 spiro atoms. The van der Waals surface area contributed by atoms with E-state index in [1.54, 1.807) is 0 Å². The minimum Gasteiger partial charge on any atom is -0.353 e. The molecule has 0 saturated heterocycles. The Morgan fingerprint density at radius 3 is 2.00 bits per heavy atom. The summed E-state index contributed by atoms with van der Waals surface area (Å²) in [5.74, 6) is 0.262. The SMILES string of the molecule is CCC(C)NC(=O)C1CC1C(=O)Nc1c(C(C)C)cccc1C(C)C. The lowest BCUT2D eigenvalue weighted by Crippen LogP contribution is -2.34. The monoisotopic (exact) mass is 344 g/mol. The van der Waals surface area contributed by atoms with Crippen molar-refractivity contribution in [2.75, 3.05) is 5.32 Å². The van der Waals surface area contributed by atoms with Crippen molar-refractivity contribution < 1.29 is 9.59 Å². The standard InChI is InChI=1S/C21H32N2O2/c1-7-14(6)22-20(24)17-11-18(17)21(25)23-19-15(12(2)3)9-8-10-16(19)13(4)5/h8-10,12-14,17-18H,7,11H2,1-6H3,(H,22,24)(H,23,25). The lowest BCUT2D eigenvalue weighted by atomic mass is 9.92. The van der Waals surface area contributed by atoms with E-state index in [9.17, 15) is 9.59 Å². The second kappa shape index (κ2) is 8.03. The molecule has 138 valence electrons. The number of carbonyl (C=O) groups excluding carboxylic acids is 2. The zero-order valence-corrected chi connectivity index (χ0v) is 16.3. The molecule has 3 atom stereocenters. The van der Waals surface area contributed by atoms with Gasteiger partial charge in [0.05, 0.1) is 11.8 Å². The molecule has 1 aliphatic rings. The van der Waals surface area contributed by atoms with Gasteiger partial charge in [0, 0.05) is 11.7 Å². The summed E-state index contributed by atoms with van der Waals surface area (Å²) in [5.41, 5.74) is 3.24. The molecule has 2 rings (SSSR count). The third-order valence-electron chi connectivity index (χ3n) is 5.09. The van der Waals surface area contributed by atoms with Crippen molar-refractivity contribution in [2.45, 2.75) is 72.3 Å². The van der Waals surface area contributed by atoms with Crippen LogP contribution in [0.25, 0.3) is 0 Å². The molecule has 1 aromatic carbocycles. The van der Waals surface area contributed by atoms with Crippen LogP contribution < -0.4 is 10.6 Å². The second-order valence-corrected chi connectivity index (χ2v) is 7.88. The molecule has 1 aromatic rings. The molecule has 0 aliphatic heterocycles. The number of nitrogens with one attached hydrogen (secondary N) is 2. The fraction of sp³-hybridized carbons (Fsp3) is 0.619. The van der Waals surface area contributed by atoms with Gasteiger partial charge in [0.15, 0.2) is 0 Å². The number of rotatable bonds is 7. The number of carbonyl (C=O) groups is 2. The topological polar surface area (TPSA) is 58.2 Å². The quantitative estimate of drug-likeness (QED) is 0.769. The lowest BCUT2D eigenvalue weighted by molar-refractivity contribution is -0.125. The number of anilines is 1. The van der Waals surface area contributed by atoms with Crippen LogP contribution >= 0.6 is 0 Å². The van der Waals surface area contributed by atoms with Gasteiger partial charge in [-0.05, 0) is 42.7 Å². The minimum atomic E-state index is -0.204. The van der Waals surface area contributed by atoms with E-state index in [1.807, 2.05) is 13.8 Å². The van der Waals surface area contributed by atoms with Crippen LogP contribution in [0.5, 0.6) is 0 Å². The van der Waals surface area contributed by atoms with Gasteiger partial charge in [-0.25, -0.2) is 0 Å². The van der Waals surface area contributed by atoms with Gasteiger partial charge in [-0.2, -0.15) is 0 Å². The fourth-order valence-electron chi connectivity index (χ4n) is 3.14. The highest BCUT2D eigenvalue weighted by atomic mass is 16.2. The molecule has 4 nitrogen and oxygen atoms in total. The maximum atomic E-state index is 12.7. The summed E-state index contributed by atoms with van der Waals surface area (Å²) in [5, 5.41) is 6.12. The van der Waals surface area contributed by atoms with Gasteiger partial charge in [-0.1, -0.05) is 52.8 Å². The third-order valence-corrected chi connectivity index (χ3v) is 5.09. The van der Waals surface area contributed by atoms with Crippen molar-refractivity contribution >= 4 is 17.5 Å². The summed E-state index contributed by atoms with van der Waals surface area (Å²) in [6, 6.07) is 6.36. The van der Waals surface area contributed by atoms with Crippen LogP contribution in [0.4, 0.5) is 5.69 Å². The number of para-hydroxylation sites is 1. The van der Waals surface area contributed by atoms with Gasteiger partial charge >= 0.3 is 0 Å². The summed E-state index contributed by atoms with van der Waals surface area (Å²) in [4.78, 5) is 24.9. The summed E-state index contributed by atoms with van der Waals surface area (Å²) in [6.45, 7) is 12.6. The molecule has 1 saturated carbocycles. The molecular weight excluding hydrogens is 312 g/mol. The number of benzene rings is 1. The molecule has 1 aliphatic carbocycles. The predicted octanol–water partition coefficient (Wildman–Crippen LogP) is 4.42. The van der Waals surface area contributed by atoms with E-state index in [2.05, 4.69) is 56.5 Å². The lowest BCUT2D eigenvalue weighted by Gasteiger charge is -2.20. The second-order valence-electron chi connectivity index (χ2n) is 7.88. The Hall–Kier alpha value is -1.84. The Morgan fingerprint density at radius 2 is 1.52 bits per heavy atom. The molecule has 2 N–H and O–H groups in total. The Labute approximate surface area is 151 Å². The average molecular weight is 344 g/mol. The van der Waals surface area contributed by atoms with E-state index in [0.29, 0.717) is 18.3 Å². The van der Waals surface area contributed by atoms with E-state index in [0.717, 1.165) is 23.2 Å². The van der Waals surface area contributed by atoms with Gasteiger partial charge in [0.25, 0.3) is 0 Å². The first-order chi connectivity index (χ1) is 11.8. The Balaban J connectivity index is 2.10. The van der Waals surface area contributed by atoms with E-state index in [4.69, 9.17) is 0 Å². The molecule has 2 amide bonds. The van der Waals surface area contributed by atoms with Crippen molar-refractivity contribution in [1.29, 1.82) is 0 Å². The molecule has 0 aromatic heterocycles. The van der Waals surface area contributed by atoms with Crippen LogP contribution in [0.2, 0.25) is 0 Å². The molecule has 1 fully saturated rings. The highest BCUT2D eigenvalue weighted by Gasteiger charge is 2.48. The van der Waals surface area contributed by atoms with Gasteiger partial charge in [-0.3, -0.25) is 9.59 Å². The van der Waals surface area contributed by atoms with Crippen LogP contribution in [-0.4, -0.2) is 17.9 Å². The van der Waals surface area contributed by atoms with Crippen LogP contribution in [0.15, 0.2) is 18.2 Å². The van der Waals surface area contributed by atoms with Crippen molar-refractivity contribution in [3.05, 3.63) is 29.3 Å². The maximum absolute atomic E-state index is 12.7.